The van der Waals surface area contributed by atoms with Crippen molar-refractivity contribution in [1.82, 2.24) is 10.2 Å². The maximum Gasteiger partial charge on any atom is 0.0791 e. The SMILES string of the molecule is CCOC1CC(NCC(O)CN2CCCC2)C12CCCCC2. The van der Waals surface area contributed by atoms with Crippen LogP contribution >= 0.6 is 0 Å². The van der Waals surface area contributed by atoms with Crippen LogP contribution in [0.3, 0.4) is 0 Å². The normalized spacial score (nSPS) is 33.0. The third kappa shape index (κ3) is 3.50. The molecule has 4 nitrogen and oxygen atoms in total. The molecule has 0 aromatic heterocycles. The highest BCUT2D eigenvalue weighted by Gasteiger charge is 2.55. The lowest BCUT2D eigenvalue weighted by Crippen LogP contribution is -2.65. The summed E-state index contributed by atoms with van der Waals surface area (Å²) < 4.78 is 6.01. The number of aliphatic hydroxyl groups excluding tert-OH is 1. The molecule has 3 fully saturated rings. The molecule has 1 aliphatic heterocycles. The van der Waals surface area contributed by atoms with Crippen molar-refractivity contribution < 1.29 is 9.84 Å². The standard InChI is InChI=1S/C18H34N2O2/c1-2-22-17-12-16(18(17)8-4-3-5-9-18)19-13-15(21)14-20-10-6-7-11-20/h15-17,19,21H,2-14H2,1H3. The van der Waals surface area contributed by atoms with Crippen LogP contribution in [0.4, 0.5) is 0 Å². The van der Waals surface area contributed by atoms with Crippen molar-refractivity contribution in [2.75, 3.05) is 32.8 Å². The molecule has 0 radical (unpaired) electrons. The van der Waals surface area contributed by atoms with Gasteiger partial charge in [-0.3, -0.25) is 0 Å². The van der Waals surface area contributed by atoms with Crippen LogP contribution < -0.4 is 5.32 Å². The van der Waals surface area contributed by atoms with Gasteiger partial charge >= 0.3 is 0 Å². The average molecular weight is 310 g/mol. The molecule has 0 bridgehead atoms. The van der Waals surface area contributed by atoms with E-state index < -0.39 is 0 Å². The summed E-state index contributed by atoms with van der Waals surface area (Å²) >= 11 is 0. The quantitative estimate of drug-likeness (QED) is 0.756. The first-order valence-corrected chi connectivity index (χ1v) is 9.50. The minimum absolute atomic E-state index is 0.232. The van der Waals surface area contributed by atoms with Gasteiger partial charge in [0.25, 0.3) is 0 Å². The van der Waals surface area contributed by atoms with E-state index in [1.807, 2.05) is 0 Å². The van der Waals surface area contributed by atoms with Gasteiger partial charge in [0.05, 0.1) is 12.2 Å². The molecular weight excluding hydrogens is 276 g/mol. The molecule has 4 heteroatoms. The van der Waals surface area contributed by atoms with Crippen molar-refractivity contribution in [3.8, 4) is 0 Å². The summed E-state index contributed by atoms with van der Waals surface area (Å²) in [6.45, 7) is 6.84. The zero-order valence-electron chi connectivity index (χ0n) is 14.2. The smallest absolute Gasteiger partial charge is 0.0791 e. The highest BCUT2D eigenvalue weighted by Crippen LogP contribution is 2.53. The van der Waals surface area contributed by atoms with Gasteiger partial charge in [0.15, 0.2) is 0 Å². The van der Waals surface area contributed by atoms with Crippen LogP contribution in [-0.2, 0) is 4.74 Å². The zero-order chi connectivity index (χ0) is 15.4. The largest absolute Gasteiger partial charge is 0.390 e. The Labute approximate surface area is 135 Å². The lowest BCUT2D eigenvalue weighted by molar-refractivity contribution is -0.151. The van der Waals surface area contributed by atoms with Crippen LogP contribution in [-0.4, -0.2) is 61.0 Å². The lowest BCUT2D eigenvalue weighted by atomic mass is 9.55. The number of nitrogens with one attached hydrogen (secondary N) is 1. The van der Waals surface area contributed by atoms with E-state index >= 15 is 0 Å². The molecule has 1 spiro atoms. The number of hydrogen-bond acceptors (Lipinski definition) is 4. The summed E-state index contributed by atoms with van der Waals surface area (Å²) in [7, 11) is 0. The molecule has 1 heterocycles. The third-order valence-corrected chi connectivity index (χ3v) is 6.20. The molecule has 2 N–H and O–H groups in total. The Hall–Kier alpha value is -0.160. The van der Waals surface area contributed by atoms with E-state index in [1.165, 1.54) is 44.9 Å². The first-order valence-electron chi connectivity index (χ1n) is 9.50. The number of nitrogens with zero attached hydrogens (tertiary/aromatic N) is 1. The van der Waals surface area contributed by atoms with Gasteiger partial charge in [-0.1, -0.05) is 19.3 Å². The van der Waals surface area contributed by atoms with E-state index in [9.17, 15) is 5.11 Å². The van der Waals surface area contributed by atoms with E-state index in [0.717, 1.165) is 39.2 Å². The molecule has 0 aromatic carbocycles. The first-order chi connectivity index (χ1) is 10.7. The van der Waals surface area contributed by atoms with Gasteiger partial charge in [-0.2, -0.15) is 0 Å². The zero-order valence-corrected chi connectivity index (χ0v) is 14.2. The summed E-state index contributed by atoms with van der Waals surface area (Å²) in [4.78, 5) is 2.40. The van der Waals surface area contributed by atoms with Crippen molar-refractivity contribution in [3.63, 3.8) is 0 Å². The molecule has 128 valence electrons. The Bertz CT molecular complexity index is 338. The number of hydrogen-bond donors (Lipinski definition) is 2. The molecule has 3 unspecified atom stereocenters. The topological polar surface area (TPSA) is 44.7 Å². The summed E-state index contributed by atoms with van der Waals surface area (Å²) in [5.74, 6) is 0. The number of ether oxygens (including phenoxy) is 1. The first kappa shape index (κ1) is 16.7. The molecular formula is C18H34N2O2. The summed E-state index contributed by atoms with van der Waals surface area (Å²) in [5.41, 5.74) is 0.363. The molecule has 0 amide bonds. The number of likely N-dealkylation sites (tertiary alicyclic amines) is 1. The van der Waals surface area contributed by atoms with E-state index in [4.69, 9.17) is 4.74 Å². The van der Waals surface area contributed by atoms with E-state index in [1.54, 1.807) is 0 Å². The fraction of sp³-hybridized carbons (Fsp3) is 1.00. The second-order valence-electron chi connectivity index (χ2n) is 7.60. The van der Waals surface area contributed by atoms with Crippen molar-refractivity contribution in [3.05, 3.63) is 0 Å². The van der Waals surface area contributed by atoms with Gasteiger partial charge in [0.1, 0.15) is 0 Å². The van der Waals surface area contributed by atoms with Gasteiger partial charge < -0.3 is 20.1 Å². The Morgan fingerprint density at radius 1 is 1.18 bits per heavy atom. The lowest BCUT2D eigenvalue weighted by Gasteiger charge is -2.58. The van der Waals surface area contributed by atoms with Crippen molar-refractivity contribution in [1.29, 1.82) is 0 Å². The van der Waals surface area contributed by atoms with Crippen LogP contribution in [0.5, 0.6) is 0 Å². The molecule has 3 aliphatic rings. The van der Waals surface area contributed by atoms with Gasteiger partial charge in [-0.25, -0.2) is 0 Å². The molecule has 2 aliphatic carbocycles. The predicted octanol–water partition coefficient (Wildman–Crippen LogP) is 2.16. The summed E-state index contributed by atoms with van der Waals surface area (Å²) in [6.07, 6.45) is 10.6. The van der Waals surface area contributed by atoms with Crippen molar-refractivity contribution in [2.24, 2.45) is 5.41 Å². The summed E-state index contributed by atoms with van der Waals surface area (Å²) in [5, 5.41) is 14.0. The van der Waals surface area contributed by atoms with Crippen LogP contribution in [0, 0.1) is 5.41 Å². The van der Waals surface area contributed by atoms with E-state index in [-0.39, 0.29) is 6.10 Å². The van der Waals surface area contributed by atoms with Gasteiger partial charge in [0, 0.05) is 31.2 Å². The minimum atomic E-state index is -0.232. The minimum Gasteiger partial charge on any atom is -0.390 e. The van der Waals surface area contributed by atoms with Crippen LogP contribution in [0.15, 0.2) is 0 Å². The number of aliphatic hydroxyl groups is 1. The highest BCUT2D eigenvalue weighted by atomic mass is 16.5. The Morgan fingerprint density at radius 2 is 1.91 bits per heavy atom. The predicted molar refractivity (Wildman–Crippen MR) is 89.0 cm³/mol. The molecule has 0 aromatic rings. The second kappa shape index (κ2) is 7.61. The molecule has 3 atom stereocenters. The Morgan fingerprint density at radius 3 is 2.59 bits per heavy atom. The Balaban J connectivity index is 1.46. The molecule has 22 heavy (non-hydrogen) atoms. The van der Waals surface area contributed by atoms with Crippen LogP contribution in [0.25, 0.3) is 0 Å². The number of rotatable bonds is 7. The number of β-amino-alcohol motifs (C(OH)–C–C–N with tert-alkyl or cyclic N) is 1. The maximum atomic E-state index is 10.3. The third-order valence-electron chi connectivity index (χ3n) is 6.20. The van der Waals surface area contributed by atoms with E-state index in [0.29, 0.717) is 17.6 Å². The van der Waals surface area contributed by atoms with E-state index in [2.05, 4.69) is 17.1 Å². The van der Waals surface area contributed by atoms with Gasteiger partial charge in [-0.15, -0.1) is 0 Å². The Kier molecular flexibility index (Phi) is 5.77. The summed E-state index contributed by atoms with van der Waals surface area (Å²) in [6, 6.07) is 0.553. The fourth-order valence-corrected chi connectivity index (χ4v) is 4.96. The fourth-order valence-electron chi connectivity index (χ4n) is 4.96. The van der Waals surface area contributed by atoms with Crippen LogP contribution in [0.2, 0.25) is 0 Å². The van der Waals surface area contributed by atoms with Crippen molar-refractivity contribution >= 4 is 0 Å². The van der Waals surface area contributed by atoms with Crippen molar-refractivity contribution in [2.45, 2.75) is 76.5 Å². The van der Waals surface area contributed by atoms with Gasteiger partial charge in [-0.05, 0) is 52.1 Å². The second-order valence-corrected chi connectivity index (χ2v) is 7.60. The monoisotopic (exact) mass is 310 g/mol. The van der Waals surface area contributed by atoms with Gasteiger partial charge in [0.2, 0.25) is 0 Å². The molecule has 1 saturated heterocycles. The highest BCUT2D eigenvalue weighted by molar-refractivity contribution is 5.09. The molecule has 3 rings (SSSR count). The maximum absolute atomic E-state index is 10.3. The molecule has 2 saturated carbocycles. The van der Waals surface area contributed by atoms with Crippen LogP contribution in [0.1, 0.15) is 58.3 Å². The average Bonchev–Trinajstić information content (AvgIpc) is 3.03.